The molecule has 1 atom stereocenters. The van der Waals surface area contributed by atoms with Crippen molar-refractivity contribution in [2.24, 2.45) is 0 Å². The fourth-order valence-corrected chi connectivity index (χ4v) is 7.67. The molecule has 0 radical (unpaired) electrons. The predicted molar refractivity (Wildman–Crippen MR) is 270 cm³/mol. The SMILES string of the molecule is CCCC/C=C\CCCCCCCC(=O)OC[C@@H](COC(=O)CCCC/C=C\C/C=C\C/C=C\CCCCC)OC(=O)CCCCCCCCCCCCCCCCCCCCC. The molecule has 0 aliphatic carbocycles. The van der Waals surface area contributed by atoms with Crippen LogP contribution in [0.15, 0.2) is 48.6 Å². The van der Waals surface area contributed by atoms with Crippen molar-refractivity contribution in [1.82, 2.24) is 0 Å². The fourth-order valence-electron chi connectivity index (χ4n) is 7.67. The Balaban J connectivity index is 4.36. The average Bonchev–Trinajstić information content (AvgIpc) is 3.28. The maximum absolute atomic E-state index is 12.8. The summed E-state index contributed by atoms with van der Waals surface area (Å²) in [7, 11) is 0. The van der Waals surface area contributed by atoms with E-state index in [1.807, 2.05) is 0 Å². The molecule has 0 saturated carbocycles. The Morgan fingerprint density at radius 3 is 1.02 bits per heavy atom. The van der Waals surface area contributed by atoms with Crippen LogP contribution in [0.3, 0.4) is 0 Å². The second-order valence-corrected chi connectivity index (χ2v) is 18.1. The van der Waals surface area contributed by atoms with Crippen molar-refractivity contribution in [3.63, 3.8) is 0 Å². The number of allylic oxidation sites excluding steroid dienone is 8. The summed E-state index contributed by atoms with van der Waals surface area (Å²) in [6.45, 7) is 6.55. The van der Waals surface area contributed by atoms with Gasteiger partial charge in [-0.1, -0.05) is 230 Å². The van der Waals surface area contributed by atoms with Gasteiger partial charge in [-0.25, -0.2) is 0 Å². The molecule has 6 nitrogen and oxygen atoms in total. The summed E-state index contributed by atoms with van der Waals surface area (Å²) in [6.07, 6.45) is 62.5. The molecule has 0 spiro atoms. The minimum absolute atomic E-state index is 0.0874. The van der Waals surface area contributed by atoms with Gasteiger partial charge < -0.3 is 14.2 Å². The quantitative estimate of drug-likeness (QED) is 0.0262. The molecule has 366 valence electrons. The Bertz CT molecular complexity index is 1110. The topological polar surface area (TPSA) is 78.9 Å². The lowest BCUT2D eigenvalue weighted by Gasteiger charge is -2.18. The van der Waals surface area contributed by atoms with E-state index in [1.165, 1.54) is 161 Å². The molecule has 0 amide bonds. The van der Waals surface area contributed by atoms with Crippen molar-refractivity contribution in [3.8, 4) is 0 Å². The summed E-state index contributed by atoms with van der Waals surface area (Å²) in [6, 6.07) is 0. The molecular weight excluding hydrogens is 781 g/mol. The summed E-state index contributed by atoms with van der Waals surface area (Å²) in [5, 5.41) is 0. The van der Waals surface area contributed by atoms with Crippen molar-refractivity contribution in [1.29, 1.82) is 0 Å². The first-order valence-corrected chi connectivity index (χ1v) is 27.1. The number of ether oxygens (including phenoxy) is 3. The zero-order valence-electron chi connectivity index (χ0n) is 41.8. The van der Waals surface area contributed by atoms with E-state index in [0.29, 0.717) is 19.3 Å². The molecule has 0 heterocycles. The summed E-state index contributed by atoms with van der Waals surface area (Å²) in [5.74, 6) is -0.926. The second kappa shape index (κ2) is 52.0. The molecule has 0 aromatic heterocycles. The van der Waals surface area contributed by atoms with E-state index >= 15 is 0 Å². The molecule has 0 aromatic carbocycles. The van der Waals surface area contributed by atoms with Crippen LogP contribution in [0.5, 0.6) is 0 Å². The fraction of sp³-hybridized carbons (Fsp3) is 0.807. The zero-order valence-corrected chi connectivity index (χ0v) is 41.8. The minimum atomic E-state index is -0.788. The van der Waals surface area contributed by atoms with Gasteiger partial charge in [0.15, 0.2) is 6.10 Å². The van der Waals surface area contributed by atoms with Gasteiger partial charge in [0, 0.05) is 19.3 Å². The number of unbranched alkanes of at least 4 members (excludes halogenated alkanes) is 30. The van der Waals surface area contributed by atoms with Gasteiger partial charge in [-0.15, -0.1) is 0 Å². The van der Waals surface area contributed by atoms with Gasteiger partial charge in [0.1, 0.15) is 13.2 Å². The van der Waals surface area contributed by atoms with Gasteiger partial charge in [-0.05, 0) is 77.0 Å². The Kier molecular flexibility index (Phi) is 49.8. The van der Waals surface area contributed by atoms with E-state index < -0.39 is 6.10 Å². The standard InChI is InChI=1S/C57H102O6/c1-4-7-10-13-16-19-22-24-26-27-28-29-31-33-36-39-42-45-48-51-57(60)63-54(52-61-55(58)49-46-43-40-37-34-21-18-15-12-9-6-3)53-62-56(59)50-47-44-41-38-35-32-30-25-23-20-17-14-11-8-5-2/h15,17-18,20,25,30,35,38,54H,4-14,16,19,21-24,26-29,31-34,36-37,39-53H2,1-3H3/b18-15-,20-17-,30-25-,38-35-/t54-/m0/s1. The average molecular weight is 883 g/mol. The number of esters is 3. The summed E-state index contributed by atoms with van der Waals surface area (Å²) < 4.78 is 16.8. The van der Waals surface area contributed by atoms with Crippen LogP contribution in [0.25, 0.3) is 0 Å². The van der Waals surface area contributed by atoms with Gasteiger partial charge in [-0.3, -0.25) is 14.4 Å². The lowest BCUT2D eigenvalue weighted by Crippen LogP contribution is -2.30. The van der Waals surface area contributed by atoms with Crippen LogP contribution >= 0.6 is 0 Å². The number of rotatable bonds is 49. The van der Waals surface area contributed by atoms with Crippen molar-refractivity contribution >= 4 is 17.9 Å². The van der Waals surface area contributed by atoms with Gasteiger partial charge in [0.25, 0.3) is 0 Å². The Labute approximate surface area is 390 Å². The highest BCUT2D eigenvalue weighted by Crippen LogP contribution is 2.16. The molecule has 0 unspecified atom stereocenters. The Morgan fingerprint density at radius 2 is 0.587 bits per heavy atom. The molecule has 63 heavy (non-hydrogen) atoms. The zero-order chi connectivity index (χ0) is 45.8. The summed E-state index contributed by atoms with van der Waals surface area (Å²) in [5.41, 5.74) is 0. The number of hydrogen-bond donors (Lipinski definition) is 0. The normalized spacial score (nSPS) is 12.4. The second-order valence-electron chi connectivity index (χ2n) is 18.1. The van der Waals surface area contributed by atoms with E-state index in [2.05, 4.69) is 69.4 Å². The summed E-state index contributed by atoms with van der Waals surface area (Å²) in [4.78, 5) is 38.0. The molecule has 0 saturated heterocycles. The van der Waals surface area contributed by atoms with Crippen molar-refractivity contribution < 1.29 is 28.6 Å². The predicted octanol–water partition coefficient (Wildman–Crippen LogP) is 17.9. The molecule has 0 rings (SSSR count). The maximum Gasteiger partial charge on any atom is 0.306 e. The molecule has 6 heteroatoms. The Morgan fingerprint density at radius 1 is 0.317 bits per heavy atom. The van der Waals surface area contributed by atoms with E-state index in [9.17, 15) is 14.4 Å². The smallest absolute Gasteiger partial charge is 0.306 e. The maximum atomic E-state index is 12.8. The van der Waals surface area contributed by atoms with Crippen LogP contribution < -0.4 is 0 Å². The molecule has 0 aliphatic heterocycles. The highest BCUT2D eigenvalue weighted by Gasteiger charge is 2.19. The third-order valence-corrected chi connectivity index (χ3v) is 11.8. The number of carbonyl (C=O) groups excluding carboxylic acids is 3. The molecule has 0 bridgehead atoms. The van der Waals surface area contributed by atoms with Gasteiger partial charge in [-0.2, -0.15) is 0 Å². The van der Waals surface area contributed by atoms with E-state index in [1.54, 1.807) is 0 Å². The third-order valence-electron chi connectivity index (χ3n) is 11.8. The van der Waals surface area contributed by atoms with E-state index in [-0.39, 0.29) is 31.1 Å². The third kappa shape index (κ3) is 50.2. The van der Waals surface area contributed by atoms with Gasteiger partial charge in [0.2, 0.25) is 0 Å². The first kappa shape index (κ1) is 60.4. The van der Waals surface area contributed by atoms with Crippen LogP contribution in [-0.4, -0.2) is 37.2 Å². The number of carbonyl (C=O) groups is 3. The van der Waals surface area contributed by atoms with Crippen LogP contribution in [0.2, 0.25) is 0 Å². The highest BCUT2D eigenvalue weighted by atomic mass is 16.6. The largest absolute Gasteiger partial charge is 0.462 e. The van der Waals surface area contributed by atoms with Crippen LogP contribution in [0, 0.1) is 0 Å². The van der Waals surface area contributed by atoms with E-state index in [4.69, 9.17) is 14.2 Å². The first-order chi connectivity index (χ1) is 31.0. The molecular formula is C57H102O6. The van der Waals surface area contributed by atoms with Crippen molar-refractivity contribution in [2.75, 3.05) is 13.2 Å². The van der Waals surface area contributed by atoms with Crippen LogP contribution in [-0.2, 0) is 28.6 Å². The minimum Gasteiger partial charge on any atom is -0.462 e. The van der Waals surface area contributed by atoms with Crippen molar-refractivity contribution in [3.05, 3.63) is 48.6 Å². The van der Waals surface area contributed by atoms with Crippen LogP contribution in [0.1, 0.15) is 278 Å². The highest BCUT2D eigenvalue weighted by molar-refractivity contribution is 5.71. The molecule has 0 aliphatic rings. The van der Waals surface area contributed by atoms with Crippen LogP contribution in [0.4, 0.5) is 0 Å². The van der Waals surface area contributed by atoms with E-state index in [0.717, 1.165) is 77.0 Å². The number of hydrogen-bond acceptors (Lipinski definition) is 6. The first-order valence-electron chi connectivity index (χ1n) is 27.1. The molecule has 0 aromatic rings. The lowest BCUT2D eigenvalue weighted by molar-refractivity contribution is -0.167. The van der Waals surface area contributed by atoms with Gasteiger partial charge in [0.05, 0.1) is 0 Å². The Hall–Kier alpha value is -2.63. The summed E-state index contributed by atoms with van der Waals surface area (Å²) >= 11 is 0. The molecule has 0 fully saturated rings. The lowest BCUT2D eigenvalue weighted by atomic mass is 10.0. The van der Waals surface area contributed by atoms with Gasteiger partial charge >= 0.3 is 17.9 Å². The monoisotopic (exact) mass is 883 g/mol. The van der Waals surface area contributed by atoms with Crippen molar-refractivity contribution in [2.45, 2.75) is 284 Å². The molecule has 0 N–H and O–H groups in total.